The van der Waals surface area contributed by atoms with Gasteiger partial charge >= 0.3 is 0 Å². The second-order valence-electron chi connectivity index (χ2n) is 8.83. The van der Waals surface area contributed by atoms with E-state index in [1.807, 2.05) is 71.8 Å². The predicted molar refractivity (Wildman–Crippen MR) is 140 cm³/mol. The summed E-state index contributed by atoms with van der Waals surface area (Å²) in [6.07, 6.45) is 2.32. The van der Waals surface area contributed by atoms with Gasteiger partial charge in [0, 0.05) is 36.3 Å². The number of ether oxygens (including phenoxy) is 1. The molecular formula is C28H29N3O4S. The lowest BCUT2D eigenvalue weighted by molar-refractivity contribution is 0.0683. The zero-order valence-corrected chi connectivity index (χ0v) is 21.1. The summed E-state index contributed by atoms with van der Waals surface area (Å²) in [5.74, 6) is 1.25. The number of rotatable bonds is 8. The molecule has 8 heteroatoms. The summed E-state index contributed by atoms with van der Waals surface area (Å²) in [5, 5.41) is 6.68. The molecule has 1 N–H and O–H groups in total. The number of para-hydroxylation sites is 2. The summed E-state index contributed by atoms with van der Waals surface area (Å²) in [7, 11) is 0. The second kappa shape index (κ2) is 11.0. The molecule has 1 fully saturated rings. The number of nitrogens with one attached hydrogen (secondary N) is 1. The zero-order chi connectivity index (χ0) is 24.9. The van der Waals surface area contributed by atoms with Crippen molar-refractivity contribution in [3.05, 3.63) is 82.0 Å². The number of thiazole rings is 1. The topological polar surface area (TPSA) is 84.7 Å². The van der Waals surface area contributed by atoms with E-state index in [9.17, 15) is 9.59 Å². The number of carbonyl (C=O) groups is 2. The first kappa shape index (κ1) is 24.1. The van der Waals surface area contributed by atoms with Crippen LogP contribution >= 0.6 is 11.3 Å². The van der Waals surface area contributed by atoms with E-state index in [1.54, 1.807) is 0 Å². The van der Waals surface area contributed by atoms with Crippen LogP contribution in [0.1, 0.15) is 57.3 Å². The van der Waals surface area contributed by atoms with Gasteiger partial charge in [0.25, 0.3) is 11.8 Å². The number of furan rings is 1. The van der Waals surface area contributed by atoms with Gasteiger partial charge < -0.3 is 19.4 Å². The minimum absolute atomic E-state index is 0.0743. The molecule has 7 nitrogen and oxygen atoms in total. The lowest BCUT2D eigenvalue weighted by Crippen LogP contribution is -2.37. The molecule has 3 heterocycles. The lowest BCUT2D eigenvalue weighted by Gasteiger charge is -2.30. The Labute approximate surface area is 214 Å². The van der Waals surface area contributed by atoms with Gasteiger partial charge in [-0.15, -0.1) is 11.3 Å². The van der Waals surface area contributed by atoms with Gasteiger partial charge in [0.15, 0.2) is 5.76 Å². The number of fused-ring (bicyclic) bond motifs is 1. The molecule has 1 aliphatic heterocycles. The van der Waals surface area contributed by atoms with E-state index in [2.05, 4.69) is 10.3 Å². The van der Waals surface area contributed by atoms with Crippen molar-refractivity contribution in [1.82, 2.24) is 15.2 Å². The molecule has 0 bridgehead atoms. The molecule has 2 aromatic heterocycles. The van der Waals surface area contributed by atoms with Gasteiger partial charge in [0.1, 0.15) is 17.0 Å². The maximum Gasteiger partial charge on any atom is 0.289 e. The molecule has 0 atom stereocenters. The van der Waals surface area contributed by atoms with E-state index >= 15 is 0 Å². The monoisotopic (exact) mass is 503 g/mol. The molecule has 0 saturated carbocycles. The minimum atomic E-state index is -0.163. The van der Waals surface area contributed by atoms with Gasteiger partial charge in [-0.3, -0.25) is 9.59 Å². The summed E-state index contributed by atoms with van der Waals surface area (Å²) in [5.41, 5.74) is 2.25. The fourth-order valence-electron chi connectivity index (χ4n) is 4.56. The SMILES string of the molecule is CCOc1ccccc1CCNC(=O)c1csc(C2CCN(C(=O)c3cc4ccccc4o3)CC2)n1. The number of aromatic nitrogens is 1. The fraction of sp³-hybridized carbons (Fsp3) is 0.321. The highest BCUT2D eigenvalue weighted by Gasteiger charge is 2.28. The number of amides is 2. The third-order valence-corrected chi connectivity index (χ3v) is 7.48. The van der Waals surface area contributed by atoms with Crippen LogP contribution in [0.5, 0.6) is 5.75 Å². The van der Waals surface area contributed by atoms with Crippen molar-refractivity contribution in [3.63, 3.8) is 0 Å². The number of carbonyl (C=O) groups excluding carboxylic acids is 2. The molecule has 186 valence electrons. The van der Waals surface area contributed by atoms with Crippen LogP contribution in [0.2, 0.25) is 0 Å². The van der Waals surface area contributed by atoms with Gasteiger partial charge in [-0.25, -0.2) is 4.98 Å². The molecular weight excluding hydrogens is 474 g/mol. The van der Waals surface area contributed by atoms with Crippen molar-refractivity contribution in [1.29, 1.82) is 0 Å². The third-order valence-electron chi connectivity index (χ3n) is 6.47. The molecule has 0 spiro atoms. The first-order valence-corrected chi connectivity index (χ1v) is 13.2. The van der Waals surface area contributed by atoms with Crippen LogP contribution in [0, 0.1) is 0 Å². The summed E-state index contributed by atoms with van der Waals surface area (Å²) in [6, 6.07) is 17.3. The first-order chi connectivity index (χ1) is 17.6. The van der Waals surface area contributed by atoms with Crippen molar-refractivity contribution in [3.8, 4) is 5.75 Å². The van der Waals surface area contributed by atoms with Crippen molar-refractivity contribution in [2.24, 2.45) is 0 Å². The number of hydrogen-bond donors (Lipinski definition) is 1. The third kappa shape index (κ3) is 5.28. The van der Waals surface area contributed by atoms with E-state index in [0.717, 1.165) is 40.1 Å². The average molecular weight is 504 g/mol. The summed E-state index contributed by atoms with van der Waals surface area (Å²) in [6.45, 7) is 4.36. The number of hydrogen-bond acceptors (Lipinski definition) is 6. The molecule has 1 aliphatic rings. The van der Waals surface area contributed by atoms with E-state index in [-0.39, 0.29) is 17.7 Å². The maximum absolute atomic E-state index is 12.9. The molecule has 4 aromatic rings. The quantitative estimate of drug-likeness (QED) is 0.354. The van der Waals surface area contributed by atoms with Crippen LogP contribution in [0.3, 0.4) is 0 Å². The number of benzene rings is 2. The standard InChI is InChI=1S/C28H29N3O4S/c1-2-34-23-9-5-3-7-19(23)11-14-29-26(32)22-18-36-27(30-22)20-12-15-31(16-13-20)28(33)25-17-21-8-4-6-10-24(21)35-25/h3-10,17-18,20H,2,11-16H2,1H3,(H,29,32). The predicted octanol–water partition coefficient (Wildman–Crippen LogP) is 5.28. The van der Waals surface area contributed by atoms with Gasteiger partial charge in [-0.1, -0.05) is 36.4 Å². The normalized spacial score (nSPS) is 14.2. The van der Waals surface area contributed by atoms with Crippen LogP contribution in [0.15, 0.2) is 64.4 Å². The Kier molecular flexibility index (Phi) is 7.32. The largest absolute Gasteiger partial charge is 0.494 e. The Bertz CT molecular complexity index is 1320. The highest BCUT2D eigenvalue weighted by Crippen LogP contribution is 2.31. The van der Waals surface area contributed by atoms with Gasteiger partial charge in [-0.2, -0.15) is 0 Å². The average Bonchev–Trinajstić information content (AvgIpc) is 3.57. The fourth-order valence-corrected chi connectivity index (χ4v) is 5.53. The molecule has 2 amide bonds. The van der Waals surface area contributed by atoms with E-state index < -0.39 is 0 Å². The molecule has 0 aliphatic carbocycles. The Morgan fingerprint density at radius 1 is 1.14 bits per heavy atom. The lowest BCUT2D eigenvalue weighted by atomic mass is 9.97. The Morgan fingerprint density at radius 2 is 1.92 bits per heavy atom. The van der Waals surface area contributed by atoms with Crippen molar-refractivity contribution in [2.45, 2.75) is 32.1 Å². The van der Waals surface area contributed by atoms with Crippen LogP contribution < -0.4 is 10.1 Å². The molecule has 5 rings (SSSR count). The van der Waals surface area contributed by atoms with Gasteiger partial charge in [0.2, 0.25) is 0 Å². The Balaban J connectivity index is 1.12. The Morgan fingerprint density at radius 3 is 2.72 bits per heavy atom. The van der Waals surface area contributed by atoms with E-state index in [0.29, 0.717) is 44.1 Å². The smallest absolute Gasteiger partial charge is 0.289 e. The molecule has 1 saturated heterocycles. The van der Waals surface area contributed by atoms with E-state index in [4.69, 9.17) is 9.15 Å². The Hall–Kier alpha value is -3.65. The number of likely N-dealkylation sites (tertiary alicyclic amines) is 1. The van der Waals surface area contributed by atoms with Gasteiger partial charge in [-0.05, 0) is 49.9 Å². The molecule has 0 unspecified atom stereocenters. The maximum atomic E-state index is 12.9. The zero-order valence-electron chi connectivity index (χ0n) is 20.2. The molecule has 36 heavy (non-hydrogen) atoms. The first-order valence-electron chi connectivity index (χ1n) is 12.3. The molecule has 0 radical (unpaired) electrons. The van der Waals surface area contributed by atoms with Crippen LogP contribution in [-0.2, 0) is 6.42 Å². The van der Waals surface area contributed by atoms with Crippen molar-refractivity contribution in [2.75, 3.05) is 26.2 Å². The highest BCUT2D eigenvalue weighted by atomic mass is 32.1. The van der Waals surface area contributed by atoms with Crippen LogP contribution in [0.25, 0.3) is 11.0 Å². The summed E-state index contributed by atoms with van der Waals surface area (Å²) < 4.78 is 11.4. The molecule has 2 aromatic carbocycles. The van der Waals surface area contributed by atoms with Crippen LogP contribution in [-0.4, -0.2) is 47.9 Å². The summed E-state index contributed by atoms with van der Waals surface area (Å²) in [4.78, 5) is 32.0. The van der Waals surface area contributed by atoms with Gasteiger partial charge in [0.05, 0.1) is 11.6 Å². The van der Waals surface area contributed by atoms with Crippen molar-refractivity contribution >= 4 is 34.1 Å². The van der Waals surface area contributed by atoms with E-state index in [1.165, 1.54) is 11.3 Å². The second-order valence-corrected chi connectivity index (χ2v) is 9.72. The summed E-state index contributed by atoms with van der Waals surface area (Å²) >= 11 is 1.52. The van der Waals surface area contributed by atoms with Crippen LogP contribution in [0.4, 0.5) is 0 Å². The number of piperidine rings is 1. The minimum Gasteiger partial charge on any atom is -0.494 e. The highest BCUT2D eigenvalue weighted by molar-refractivity contribution is 7.09. The van der Waals surface area contributed by atoms with Crippen molar-refractivity contribution < 1.29 is 18.7 Å². The number of nitrogens with zero attached hydrogens (tertiary/aromatic N) is 2.